The Labute approximate surface area is 212 Å². The van der Waals surface area contributed by atoms with Crippen molar-refractivity contribution >= 4 is 29.5 Å². The van der Waals surface area contributed by atoms with Gasteiger partial charge in [0.1, 0.15) is 6.42 Å². The van der Waals surface area contributed by atoms with Crippen LogP contribution in [0.15, 0.2) is 46.5 Å². The van der Waals surface area contributed by atoms with Crippen LogP contribution in [-0.2, 0) is 14.3 Å². The minimum atomic E-state index is -0.579. The molecule has 2 aromatic rings. The summed E-state index contributed by atoms with van der Waals surface area (Å²) < 4.78 is 16.2. The van der Waals surface area contributed by atoms with Gasteiger partial charge in [0.2, 0.25) is 0 Å². The fourth-order valence-electron chi connectivity index (χ4n) is 5.09. The SMILES string of the molecule is CC=NN(C(=O)CC(=O)OCC)c1cccc(C2=N[C@@H]3CCCC[C@@H]3c3cc(OC)c(OC)cc32)c1. The van der Waals surface area contributed by atoms with E-state index in [0.29, 0.717) is 23.1 Å². The number of fused-ring (bicyclic) bond motifs is 3. The second kappa shape index (κ2) is 11.4. The minimum absolute atomic E-state index is 0.193. The van der Waals surface area contributed by atoms with Gasteiger partial charge in [0.15, 0.2) is 11.5 Å². The van der Waals surface area contributed by atoms with Crippen molar-refractivity contribution < 1.29 is 23.8 Å². The second-order valence-electron chi connectivity index (χ2n) is 8.84. The van der Waals surface area contributed by atoms with Crippen molar-refractivity contribution in [3.8, 4) is 11.5 Å². The van der Waals surface area contributed by atoms with Crippen LogP contribution in [0, 0.1) is 0 Å². The number of methoxy groups -OCH3 is 2. The second-order valence-corrected chi connectivity index (χ2v) is 8.84. The standard InChI is InChI=1S/C28H33N3O5/c1-5-29-31(26(32)17-27(33)36-6-2)19-11-9-10-18(14-19)28-22-16-25(35-4)24(34-3)15-21(22)20-12-7-8-13-23(20)30-28/h5,9-11,14-16,20,23H,6-8,12-13,17H2,1-4H3/t20-,23-/m1/s1. The number of carbonyl (C=O) groups is 2. The lowest BCUT2D eigenvalue weighted by molar-refractivity contribution is -0.145. The Morgan fingerprint density at radius 2 is 1.86 bits per heavy atom. The van der Waals surface area contributed by atoms with E-state index >= 15 is 0 Å². The summed E-state index contributed by atoms with van der Waals surface area (Å²) in [6, 6.07) is 11.8. The summed E-state index contributed by atoms with van der Waals surface area (Å²) in [5, 5.41) is 5.47. The first kappa shape index (κ1) is 25.4. The Hall–Kier alpha value is -3.68. The van der Waals surface area contributed by atoms with Crippen molar-refractivity contribution in [1.29, 1.82) is 0 Å². The summed E-state index contributed by atoms with van der Waals surface area (Å²) in [5.41, 5.74) is 4.50. The number of hydrogen-bond acceptors (Lipinski definition) is 7. The van der Waals surface area contributed by atoms with Gasteiger partial charge in [-0.05, 0) is 56.5 Å². The summed E-state index contributed by atoms with van der Waals surface area (Å²) in [5.74, 6) is 0.658. The quantitative estimate of drug-likeness (QED) is 0.227. The zero-order chi connectivity index (χ0) is 25.7. The predicted octanol–water partition coefficient (Wildman–Crippen LogP) is 4.87. The number of aliphatic imine (C=N–C) groups is 1. The molecular weight excluding hydrogens is 458 g/mol. The zero-order valence-corrected chi connectivity index (χ0v) is 21.3. The average molecular weight is 492 g/mol. The van der Waals surface area contributed by atoms with Crippen LogP contribution in [0.5, 0.6) is 11.5 Å². The predicted molar refractivity (Wildman–Crippen MR) is 140 cm³/mol. The van der Waals surface area contributed by atoms with Crippen LogP contribution in [0.2, 0.25) is 0 Å². The molecule has 1 aliphatic heterocycles. The van der Waals surface area contributed by atoms with E-state index in [1.165, 1.54) is 23.2 Å². The van der Waals surface area contributed by atoms with E-state index < -0.39 is 11.9 Å². The number of anilines is 1. The van der Waals surface area contributed by atoms with E-state index in [1.54, 1.807) is 34.1 Å². The summed E-state index contributed by atoms with van der Waals surface area (Å²) in [6.45, 7) is 3.64. The van der Waals surface area contributed by atoms with Crippen molar-refractivity contribution in [2.24, 2.45) is 10.1 Å². The molecule has 0 unspecified atom stereocenters. The Bertz CT molecular complexity index is 1190. The van der Waals surface area contributed by atoms with E-state index in [0.717, 1.165) is 36.1 Å². The van der Waals surface area contributed by atoms with Gasteiger partial charge in [0.25, 0.3) is 5.91 Å². The van der Waals surface area contributed by atoms with E-state index in [4.69, 9.17) is 19.2 Å². The highest BCUT2D eigenvalue weighted by atomic mass is 16.5. The summed E-state index contributed by atoms with van der Waals surface area (Å²) in [7, 11) is 3.28. The maximum Gasteiger partial charge on any atom is 0.315 e. The molecular formula is C28H33N3O5. The number of benzene rings is 2. The lowest BCUT2D eigenvalue weighted by atomic mass is 9.75. The van der Waals surface area contributed by atoms with Crippen LogP contribution >= 0.6 is 0 Å². The molecule has 0 N–H and O–H groups in total. The highest BCUT2D eigenvalue weighted by molar-refractivity contribution is 6.15. The fourth-order valence-corrected chi connectivity index (χ4v) is 5.09. The van der Waals surface area contributed by atoms with Gasteiger partial charge in [-0.2, -0.15) is 5.10 Å². The molecule has 0 bridgehead atoms. The van der Waals surface area contributed by atoms with Crippen molar-refractivity contribution in [2.75, 3.05) is 25.8 Å². The molecule has 0 spiro atoms. The van der Waals surface area contributed by atoms with Crippen molar-refractivity contribution in [3.63, 3.8) is 0 Å². The summed E-state index contributed by atoms with van der Waals surface area (Å²) in [6.07, 6.45) is 5.59. The molecule has 8 heteroatoms. The van der Waals surface area contributed by atoms with E-state index in [2.05, 4.69) is 11.2 Å². The lowest BCUT2D eigenvalue weighted by Crippen LogP contribution is -2.30. The topological polar surface area (TPSA) is 89.8 Å². The molecule has 2 atom stereocenters. The first-order valence-corrected chi connectivity index (χ1v) is 12.4. The molecule has 36 heavy (non-hydrogen) atoms. The van der Waals surface area contributed by atoms with Crippen LogP contribution in [0.4, 0.5) is 5.69 Å². The molecule has 0 radical (unpaired) electrons. The Kier molecular flexibility index (Phi) is 8.03. The molecule has 2 aliphatic rings. The van der Waals surface area contributed by atoms with Crippen LogP contribution in [0.25, 0.3) is 0 Å². The largest absolute Gasteiger partial charge is 0.493 e. The third kappa shape index (κ3) is 5.12. The molecule has 0 saturated heterocycles. The number of hydrazone groups is 1. The van der Waals surface area contributed by atoms with E-state index in [-0.39, 0.29) is 19.1 Å². The molecule has 1 saturated carbocycles. The van der Waals surface area contributed by atoms with Crippen LogP contribution in [0.1, 0.15) is 68.6 Å². The maximum atomic E-state index is 12.9. The first-order valence-electron chi connectivity index (χ1n) is 12.4. The van der Waals surface area contributed by atoms with Gasteiger partial charge in [-0.25, -0.2) is 5.01 Å². The molecule has 0 aromatic heterocycles. The van der Waals surface area contributed by atoms with Gasteiger partial charge in [-0.1, -0.05) is 25.0 Å². The third-order valence-corrected chi connectivity index (χ3v) is 6.67. The van der Waals surface area contributed by atoms with Crippen molar-refractivity contribution in [3.05, 3.63) is 53.1 Å². The Balaban J connectivity index is 1.77. The average Bonchev–Trinajstić information content (AvgIpc) is 2.90. The van der Waals surface area contributed by atoms with Gasteiger partial charge in [0, 0.05) is 23.3 Å². The number of esters is 1. The number of hydrogen-bond donors (Lipinski definition) is 0. The normalized spacial score (nSPS) is 18.6. The maximum absolute atomic E-state index is 12.9. The van der Waals surface area contributed by atoms with E-state index in [9.17, 15) is 9.59 Å². The van der Waals surface area contributed by atoms with Gasteiger partial charge in [0.05, 0.1) is 38.3 Å². The van der Waals surface area contributed by atoms with Gasteiger partial charge in [-0.15, -0.1) is 0 Å². The molecule has 8 nitrogen and oxygen atoms in total. The molecule has 2 aromatic carbocycles. The summed E-state index contributed by atoms with van der Waals surface area (Å²) >= 11 is 0. The number of ether oxygens (including phenoxy) is 3. The van der Waals surface area contributed by atoms with Gasteiger partial charge < -0.3 is 14.2 Å². The molecule has 4 rings (SSSR count). The van der Waals surface area contributed by atoms with Crippen LogP contribution < -0.4 is 14.5 Å². The minimum Gasteiger partial charge on any atom is -0.493 e. The summed E-state index contributed by atoms with van der Waals surface area (Å²) in [4.78, 5) is 30.0. The lowest BCUT2D eigenvalue weighted by Gasteiger charge is -2.36. The van der Waals surface area contributed by atoms with E-state index in [1.807, 2.05) is 24.3 Å². The fraction of sp³-hybridized carbons (Fsp3) is 0.429. The molecule has 190 valence electrons. The monoisotopic (exact) mass is 491 g/mol. The molecule has 1 amide bonds. The van der Waals surface area contributed by atoms with Crippen molar-refractivity contribution in [2.45, 2.75) is 57.9 Å². The number of amides is 1. The van der Waals surface area contributed by atoms with Gasteiger partial charge >= 0.3 is 5.97 Å². The molecule has 1 heterocycles. The number of rotatable bonds is 8. The van der Waals surface area contributed by atoms with Crippen LogP contribution in [-0.4, -0.2) is 50.7 Å². The Morgan fingerprint density at radius 1 is 1.11 bits per heavy atom. The molecule has 1 aliphatic carbocycles. The smallest absolute Gasteiger partial charge is 0.315 e. The first-order chi connectivity index (χ1) is 17.5. The Morgan fingerprint density at radius 3 is 2.58 bits per heavy atom. The van der Waals surface area contributed by atoms with Crippen LogP contribution in [0.3, 0.4) is 0 Å². The van der Waals surface area contributed by atoms with Crippen molar-refractivity contribution in [1.82, 2.24) is 0 Å². The zero-order valence-electron chi connectivity index (χ0n) is 21.3. The highest BCUT2D eigenvalue weighted by Crippen LogP contribution is 2.45. The third-order valence-electron chi connectivity index (χ3n) is 6.67. The molecule has 1 fully saturated rings. The highest BCUT2D eigenvalue weighted by Gasteiger charge is 2.35. The number of carbonyl (C=O) groups excluding carboxylic acids is 2. The number of nitrogens with zero attached hydrogens (tertiary/aromatic N) is 3. The van der Waals surface area contributed by atoms with Gasteiger partial charge in [-0.3, -0.25) is 14.6 Å².